The Labute approximate surface area is 135 Å². The van der Waals surface area contributed by atoms with Crippen molar-refractivity contribution in [2.45, 2.75) is 6.10 Å². The molecule has 21 heavy (non-hydrogen) atoms. The van der Waals surface area contributed by atoms with E-state index in [4.69, 9.17) is 21.1 Å². The van der Waals surface area contributed by atoms with Gasteiger partial charge in [0.2, 0.25) is 0 Å². The monoisotopic (exact) mass is 374 g/mol. The summed E-state index contributed by atoms with van der Waals surface area (Å²) in [4.78, 5) is 0. The van der Waals surface area contributed by atoms with E-state index in [9.17, 15) is 9.50 Å². The molecule has 0 heterocycles. The Hall–Kier alpha value is -1.30. The van der Waals surface area contributed by atoms with Crippen molar-refractivity contribution in [3.05, 3.63) is 56.8 Å². The molecule has 0 radical (unpaired) electrons. The third kappa shape index (κ3) is 3.31. The molecule has 1 atom stereocenters. The summed E-state index contributed by atoms with van der Waals surface area (Å²) in [6.45, 7) is 0. The average molecular weight is 376 g/mol. The number of benzene rings is 2. The van der Waals surface area contributed by atoms with Gasteiger partial charge in [0.05, 0.1) is 19.2 Å². The molecule has 0 aliphatic heterocycles. The topological polar surface area (TPSA) is 38.7 Å². The fourth-order valence-corrected chi connectivity index (χ4v) is 2.69. The summed E-state index contributed by atoms with van der Waals surface area (Å²) in [5.74, 6) is 0.448. The Morgan fingerprint density at radius 2 is 1.71 bits per heavy atom. The standard InChI is InChI=1S/C15H13BrClFO3/c1-20-13-6-10(12(17)7-14(13)21-2)15(19)9-5-8(18)3-4-11(9)16/h3-7,15,19H,1-2H3. The van der Waals surface area contributed by atoms with Gasteiger partial charge in [0.25, 0.3) is 0 Å². The quantitative estimate of drug-likeness (QED) is 0.864. The van der Waals surface area contributed by atoms with Crippen molar-refractivity contribution in [2.75, 3.05) is 14.2 Å². The number of methoxy groups -OCH3 is 2. The van der Waals surface area contributed by atoms with Crippen LogP contribution in [0, 0.1) is 5.82 Å². The Morgan fingerprint density at radius 1 is 1.10 bits per heavy atom. The lowest BCUT2D eigenvalue weighted by molar-refractivity contribution is 0.218. The average Bonchev–Trinajstić information content (AvgIpc) is 2.48. The summed E-state index contributed by atoms with van der Waals surface area (Å²) >= 11 is 9.46. The first-order valence-corrected chi connectivity index (χ1v) is 7.19. The van der Waals surface area contributed by atoms with Gasteiger partial charge in [0, 0.05) is 21.7 Å². The smallest absolute Gasteiger partial charge is 0.162 e. The maximum Gasteiger partial charge on any atom is 0.162 e. The number of hydrogen-bond acceptors (Lipinski definition) is 3. The van der Waals surface area contributed by atoms with Crippen LogP contribution < -0.4 is 9.47 Å². The molecule has 2 rings (SSSR count). The molecule has 0 fully saturated rings. The zero-order valence-corrected chi connectivity index (χ0v) is 13.7. The summed E-state index contributed by atoms with van der Waals surface area (Å²) in [5.41, 5.74) is 0.782. The molecule has 0 aliphatic carbocycles. The molecule has 2 aromatic carbocycles. The van der Waals surface area contributed by atoms with Crippen LogP contribution in [0.4, 0.5) is 4.39 Å². The minimum atomic E-state index is -1.10. The molecule has 3 nitrogen and oxygen atoms in total. The third-order valence-corrected chi connectivity index (χ3v) is 4.10. The molecule has 0 bridgehead atoms. The van der Waals surface area contributed by atoms with Crippen LogP contribution in [0.2, 0.25) is 5.02 Å². The summed E-state index contributed by atoms with van der Waals surface area (Å²) in [6.07, 6.45) is -1.10. The summed E-state index contributed by atoms with van der Waals surface area (Å²) in [6, 6.07) is 7.20. The highest BCUT2D eigenvalue weighted by atomic mass is 79.9. The number of aliphatic hydroxyl groups is 1. The number of aliphatic hydroxyl groups excluding tert-OH is 1. The normalized spacial score (nSPS) is 12.1. The largest absolute Gasteiger partial charge is 0.493 e. The lowest BCUT2D eigenvalue weighted by Crippen LogP contribution is -2.03. The number of rotatable bonds is 4. The van der Waals surface area contributed by atoms with Crippen molar-refractivity contribution in [1.82, 2.24) is 0 Å². The van der Waals surface area contributed by atoms with Crippen molar-refractivity contribution in [3.63, 3.8) is 0 Å². The van der Waals surface area contributed by atoms with Gasteiger partial charge in [-0.25, -0.2) is 4.39 Å². The first-order chi connectivity index (χ1) is 9.97. The Kier molecular flexibility index (Phi) is 5.08. The van der Waals surface area contributed by atoms with Gasteiger partial charge < -0.3 is 14.6 Å². The fourth-order valence-electron chi connectivity index (χ4n) is 1.97. The van der Waals surface area contributed by atoms with Crippen LogP contribution in [0.15, 0.2) is 34.8 Å². The minimum Gasteiger partial charge on any atom is -0.493 e. The molecule has 2 aromatic rings. The lowest BCUT2D eigenvalue weighted by Gasteiger charge is -2.17. The van der Waals surface area contributed by atoms with Crippen LogP contribution in [0.3, 0.4) is 0 Å². The third-order valence-electron chi connectivity index (χ3n) is 3.05. The predicted molar refractivity (Wildman–Crippen MR) is 82.7 cm³/mol. The van der Waals surface area contributed by atoms with Gasteiger partial charge in [0.15, 0.2) is 11.5 Å². The summed E-state index contributed by atoms with van der Waals surface area (Å²) in [7, 11) is 2.98. The van der Waals surface area contributed by atoms with Crippen molar-refractivity contribution in [3.8, 4) is 11.5 Å². The van der Waals surface area contributed by atoms with E-state index >= 15 is 0 Å². The van der Waals surface area contributed by atoms with E-state index in [-0.39, 0.29) is 0 Å². The maximum absolute atomic E-state index is 13.4. The lowest BCUT2D eigenvalue weighted by atomic mass is 10.0. The summed E-state index contributed by atoms with van der Waals surface area (Å²) in [5, 5.41) is 10.8. The second kappa shape index (κ2) is 6.64. The molecule has 1 unspecified atom stereocenters. The van der Waals surface area contributed by atoms with Crippen LogP contribution in [0.1, 0.15) is 17.2 Å². The van der Waals surface area contributed by atoms with Gasteiger partial charge in [-0.3, -0.25) is 0 Å². The van der Waals surface area contributed by atoms with Crippen molar-refractivity contribution in [2.24, 2.45) is 0 Å². The van der Waals surface area contributed by atoms with Crippen LogP contribution in [0.5, 0.6) is 11.5 Å². The van der Waals surface area contributed by atoms with E-state index in [0.29, 0.717) is 32.1 Å². The van der Waals surface area contributed by atoms with E-state index < -0.39 is 11.9 Å². The van der Waals surface area contributed by atoms with E-state index in [1.165, 1.54) is 32.4 Å². The van der Waals surface area contributed by atoms with Gasteiger partial charge in [-0.1, -0.05) is 27.5 Å². The number of ether oxygens (including phenoxy) is 2. The maximum atomic E-state index is 13.4. The van der Waals surface area contributed by atoms with E-state index in [1.54, 1.807) is 12.1 Å². The highest BCUT2D eigenvalue weighted by Gasteiger charge is 2.20. The second-order valence-electron chi connectivity index (χ2n) is 4.30. The van der Waals surface area contributed by atoms with Crippen LogP contribution in [-0.4, -0.2) is 19.3 Å². The van der Waals surface area contributed by atoms with E-state index in [2.05, 4.69) is 15.9 Å². The van der Waals surface area contributed by atoms with Crippen molar-refractivity contribution >= 4 is 27.5 Å². The SMILES string of the molecule is COc1cc(Cl)c(C(O)c2cc(F)ccc2Br)cc1OC. The highest BCUT2D eigenvalue weighted by Crippen LogP contribution is 2.39. The van der Waals surface area contributed by atoms with Crippen molar-refractivity contribution in [1.29, 1.82) is 0 Å². The molecule has 112 valence electrons. The molecule has 0 amide bonds. The van der Waals surface area contributed by atoms with Gasteiger partial charge in [0.1, 0.15) is 11.9 Å². The van der Waals surface area contributed by atoms with Gasteiger partial charge in [-0.05, 0) is 24.3 Å². The van der Waals surface area contributed by atoms with Crippen LogP contribution >= 0.6 is 27.5 Å². The highest BCUT2D eigenvalue weighted by molar-refractivity contribution is 9.10. The Morgan fingerprint density at radius 3 is 2.33 bits per heavy atom. The molecule has 0 aliphatic rings. The fraction of sp³-hybridized carbons (Fsp3) is 0.200. The zero-order valence-electron chi connectivity index (χ0n) is 11.4. The first-order valence-electron chi connectivity index (χ1n) is 6.02. The zero-order chi connectivity index (χ0) is 15.6. The van der Waals surface area contributed by atoms with Gasteiger partial charge >= 0.3 is 0 Å². The molecule has 6 heteroatoms. The Balaban J connectivity index is 2.52. The van der Waals surface area contributed by atoms with E-state index in [1.807, 2.05) is 0 Å². The molecule has 1 N–H and O–H groups in total. The first kappa shape index (κ1) is 16.1. The molecular weight excluding hydrogens is 363 g/mol. The molecule has 0 saturated carbocycles. The van der Waals surface area contributed by atoms with Crippen LogP contribution in [0.25, 0.3) is 0 Å². The number of halogens is 3. The number of hydrogen-bond donors (Lipinski definition) is 1. The second-order valence-corrected chi connectivity index (χ2v) is 5.56. The minimum absolute atomic E-state index is 0.302. The summed E-state index contributed by atoms with van der Waals surface area (Å²) < 4.78 is 24.3. The van der Waals surface area contributed by atoms with Crippen molar-refractivity contribution < 1.29 is 19.0 Å². The molecule has 0 spiro atoms. The van der Waals surface area contributed by atoms with Gasteiger partial charge in [-0.2, -0.15) is 0 Å². The Bertz CT molecular complexity index is 664. The molecule has 0 aromatic heterocycles. The molecule has 0 saturated heterocycles. The van der Waals surface area contributed by atoms with E-state index in [0.717, 1.165) is 0 Å². The van der Waals surface area contributed by atoms with Gasteiger partial charge in [-0.15, -0.1) is 0 Å². The van der Waals surface area contributed by atoms with Crippen LogP contribution in [-0.2, 0) is 0 Å². The molecular formula is C15H13BrClFO3. The predicted octanol–water partition coefficient (Wildman–Crippen LogP) is 4.34.